The van der Waals surface area contributed by atoms with Crippen molar-refractivity contribution in [2.45, 2.75) is 31.8 Å². The van der Waals surface area contributed by atoms with Gasteiger partial charge in [0, 0.05) is 17.8 Å². The molecule has 0 saturated heterocycles. The number of carbonyl (C=O) groups excluding carboxylic acids is 1. The minimum atomic E-state index is -0.984. The summed E-state index contributed by atoms with van der Waals surface area (Å²) in [5.74, 6) is -0.506. The molecule has 2 heterocycles. The van der Waals surface area contributed by atoms with Gasteiger partial charge in [-0.25, -0.2) is 14.6 Å². The first kappa shape index (κ1) is 24.4. The van der Waals surface area contributed by atoms with Gasteiger partial charge in [-0.3, -0.25) is 9.72 Å². The van der Waals surface area contributed by atoms with Crippen molar-refractivity contribution in [3.63, 3.8) is 0 Å². The number of hydrogen-bond donors (Lipinski definition) is 2. The predicted octanol–water partition coefficient (Wildman–Crippen LogP) is 7.22. The van der Waals surface area contributed by atoms with Gasteiger partial charge >= 0.3 is 12.1 Å². The Morgan fingerprint density at radius 3 is 2.38 bits per heavy atom. The highest BCUT2D eigenvalue weighted by molar-refractivity contribution is 5.96. The van der Waals surface area contributed by atoms with Crippen LogP contribution in [0.5, 0.6) is 0 Å². The maximum atomic E-state index is 13.1. The molecule has 0 spiro atoms. The predicted molar refractivity (Wildman–Crippen MR) is 149 cm³/mol. The molecule has 7 heteroatoms. The molecule has 1 amide bonds. The third kappa shape index (κ3) is 4.99. The summed E-state index contributed by atoms with van der Waals surface area (Å²) < 4.78 is 8.10. The number of benzene rings is 3. The molecule has 1 aliphatic rings. The van der Waals surface area contributed by atoms with Crippen LogP contribution in [0.1, 0.15) is 57.7 Å². The van der Waals surface area contributed by atoms with E-state index in [1.807, 2.05) is 72.0 Å². The second-order valence-electron chi connectivity index (χ2n) is 9.82. The van der Waals surface area contributed by atoms with Gasteiger partial charge < -0.3 is 9.84 Å². The fraction of sp³-hybridized carbons (Fsp3) is 0.156. The lowest BCUT2D eigenvalue weighted by atomic mass is 9.97. The Labute approximate surface area is 225 Å². The van der Waals surface area contributed by atoms with Gasteiger partial charge in [0.2, 0.25) is 0 Å². The quantitative estimate of drug-likeness (QED) is 0.238. The van der Waals surface area contributed by atoms with E-state index in [0.717, 1.165) is 46.6 Å². The first-order valence-electron chi connectivity index (χ1n) is 12.9. The third-order valence-electron chi connectivity index (χ3n) is 7.05. The number of aromatic nitrogens is 2. The maximum Gasteiger partial charge on any atom is 0.412 e. The summed E-state index contributed by atoms with van der Waals surface area (Å²) in [6.07, 6.45) is 3.01. The average molecular weight is 518 g/mol. The molecule has 2 aromatic heterocycles. The van der Waals surface area contributed by atoms with Crippen molar-refractivity contribution < 1.29 is 19.4 Å². The number of aryl methyl sites for hydroxylation is 1. The van der Waals surface area contributed by atoms with Crippen LogP contribution in [0.15, 0.2) is 97.2 Å². The fourth-order valence-corrected chi connectivity index (χ4v) is 4.86. The van der Waals surface area contributed by atoms with E-state index in [-0.39, 0.29) is 5.56 Å². The van der Waals surface area contributed by atoms with E-state index >= 15 is 0 Å². The summed E-state index contributed by atoms with van der Waals surface area (Å²) >= 11 is 0. The molecule has 0 radical (unpaired) electrons. The van der Waals surface area contributed by atoms with E-state index in [0.29, 0.717) is 17.2 Å². The lowest BCUT2D eigenvalue weighted by Gasteiger charge is -2.21. The molecule has 3 aromatic carbocycles. The SMILES string of the molecule is Cc1ccc([C@H](OC(=O)Nc2ccccc2)c2ccc(-c3ccccc3C(=O)O)cc2)n2cc(C3CC3)nc12. The number of para-hydroxylation sites is 1. The first-order valence-corrected chi connectivity index (χ1v) is 12.9. The van der Waals surface area contributed by atoms with Crippen molar-refractivity contribution in [1.82, 2.24) is 9.38 Å². The van der Waals surface area contributed by atoms with E-state index in [1.54, 1.807) is 30.3 Å². The molecule has 0 bridgehead atoms. The summed E-state index contributed by atoms with van der Waals surface area (Å²) in [5.41, 5.74) is 6.71. The number of fused-ring (bicyclic) bond motifs is 1. The molecular formula is C32H27N3O4. The Hall–Kier alpha value is -4.91. The van der Waals surface area contributed by atoms with Crippen molar-refractivity contribution in [3.05, 3.63) is 125 Å². The number of anilines is 1. The number of carbonyl (C=O) groups is 2. The Morgan fingerprint density at radius 1 is 0.949 bits per heavy atom. The fourth-order valence-electron chi connectivity index (χ4n) is 4.86. The second-order valence-corrected chi connectivity index (χ2v) is 9.82. The summed E-state index contributed by atoms with van der Waals surface area (Å²) in [5, 5.41) is 12.4. The van der Waals surface area contributed by atoms with Crippen LogP contribution in [-0.2, 0) is 4.74 Å². The number of imidazole rings is 1. The van der Waals surface area contributed by atoms with Crippen LogP contribution in [0, 0.1) is 6.92 Å². The molecule has 1 atom stereocenters. The summed E-state index contributed by atoms with van der Waals surface area (Å²) in [6, 6.07) is 27.5. The molecule has 0 aliphatic heterocycles. The summed E-state index contributed by atoms with van der Waals surface area (Å²) in [6.45, 7) is 2.02. The first-order chi connectivity index (χ1) is 19.0. The van der Waals surface area contributed by atoms with Crippen molar-refractivity contribution in [2.24, 2.45) is 0 Å². The Kier molecular flexibility index (Phi) is 6.32. The maximum absolute atomic E-state index is 13.1. The number of nitrogens with zero attached hydrogens (tertiary/aromatic N) is 2. The van der Waals surface area contributed by atoms with Gasteiger partial charge in [-0.1, -0.05) is 66.7 Å². The Bertz CT molecular complexity index is 1670. The Balaban J connectivity index is 1.40. The van der Waals surface area contributed by atoms with Crippen LogP contribution in [0.3, 0.4) is 0 Å². The van der Waals surface area contributed by atoms with Crippen LogP contribution in [0.4, 0.5) is 10.5 Å². The van der Waals surface area contributed by atoms with Gasteiger partial charge in [-0.05, 0) is 66.3 Å². The number of aromatic carboxylic acids is 1. The van der Waals surface area contributed by atoms with Gasteiger partial charge in [0.05, 0.1) is 17.0 Å². The average Bonchev–Trinajstić information content (AvgIpc) is 3.71. The van der Waals surface area contributed by atoms with E-state index in [2.05, 4.69) is 11.5 Å². The minimum absolute atomic E-state index is 0.228. The normalized spacial score (nSPS) is 13.7. The van der Waals surface area contributed by atoms with Crippen LogP contribution < -0.4 is 5.32 Å². The van der Waals surface area contributed by atoms with Gasteiger partial charge in [0.15, 0.2) is 6.10 Å². The summed E-state index contributed by atoms with van der Waals surface area (Å²) in [7, 11) is 0. The zero-order valence-corrected chi connectivity index (χ0v) is 21.4. The zero-order valence-electron chi connectivity index (χ0n) is 21.4. The highest BCUT2D eigenvalue weighted by Gasteiger charge is 2.29. The smallest absolute Gasteiger partial charge is 0.412 e. The molecule has 39 heavy (non-hydrogen) atoms. The van der Waals surface area contributed by atoms with Crippen LogP contribution >= 0.6 is 0 Å². The van der Waals surface area contributed by atoms with Crippen LogP contribution in [-0.4, -0.2) is 26.6 Å². The molecule has 194 valence electrons. The molecule has 0 unspecified atom stereocenters. The standard InChI is InChI=1S/C32H27N3O4/c1-20-11-18-28(35-19-27(22-14-15-22)34-30(20)35)29(39-32(38)33-24-7-3-2-4-8-24)23-16-12-21(13-17-23)25-9-5-6-10-26(25)31(36)37/h2-13,16-19,22,29H,14-15H2,1H3,(H,33,38)(H,36,37)/t29-/m1/s1. The number of carboxylic acids is 1. The highest BCUT2D eigenvalue weighted by Crippen LogP contribution is 2.40. The Morgan fingerprint density at radius 2 is 1.67 bits per heavy atom. The lowest BCUT2D eigenvalue weighted by molar-refractivity contribution is 0.0697. The van der Waals surface area contributed by atoms with Crippen molar-refractivity contribution in [1.29, 1.82) is 0 Å². The number of pyridine rings is 1. The minimum Gasteiger partial charge on any atom is -0.478 e. The van der Waals surface area contributed by atoms with Gasteiger partial charge in [0.1, 0.15) is 5.65 Å². The van der Waals surface area contributed by atoms with Crippen LogP contribution in [0.25, 0.3) is 16.8 Å². The highest BCUT2D eigenvalue weighted by atomic mass is 16.6. The van der Waals surface area contributed by atoms with Crippen molar-refractivity contribution in [3.8, 4) is 11.1 Å². The molecule has 2 N–H and O–H groups in total. The molecule has 5 aromatic rings. The zero-order chi connectivity index (χ0) is 26.9. The second kappa shape index (κ2) is 10.1. The number of nitrogens with one attached hydrogen (secondary N) is 1. The van der Waals surface area contributed by atoms with E-state index in [9.17, 15) is 14.7 Å². The molecule has 7 nitrogen and oxygen atoms in total. The van der Waals surface area contributed by atoms with Gasteiger partial charge in [0.25, 0.3) is 0 Å². The summed E-state index contributed by atoms with van der Waals surface area (Å²) in [4.78, 5) is 29.7. The topological polar surface area (TPSA) is 92.9 Å². The van der Waals surface area contributed by atoms with Crippen LogP contribution in [0.2, 0.25) is 0 Å². The van der Waals surface area contributed by atoms with E-state index < -0.39 is 18.2 Å². The molecule has 1 saturated carbocycles. The number of hydrogen-bond acceptors (Lipinski definition) is 4. The van der Waals surface area contributed by atoms with Crippen molar-refractivity contribution >= 4 is 23.4 Å². The molecule has 6 rings (SSSR count). The molecule has 1 aliphatic carbocycles. The number of amides is 1. The largest absolute Gasteiger partial charge is 0.478 e. The molecule has 1 fully saturated rings. The van der Waals surface area contributed by atoms with E-state index in [1.165, 1.54) is 0 Å². The monoisotopic (exact) mass is 517 g/mol. The van der Waals surface area contributed by atoms with Gasteiger partial charge in [-0.15, -0.1) is 0 Å². The third-order valence-corrected chi connectivity index (χ3v) is 7.05. The van der Waals surface area contributed by atoms with Gasteiger partial charge in [-0.2, -0.15) is 0 Å². The van der Waals surface area contributed by atoms with E-state index in [4.69, 9.17) is 9.72 Å². The molecular weight excluding hydrogens is 490 g/mol. The number of rotatable bonds is 7. The number of ether oxygens (including phenoxy) is 1. The lowest BCUT2D eigenvalue weighted by Crippen LogP contribution is -2.20. The van der Waals surface area contributed by atoms with Crippen molar-refractivity contribution in [2.75, 3.05) is 5.32 Å². The number of carboxylic acid groups (broad SMARTS) is 1.